The van der Waals surface area contributed by atoms with Gasteiger partial charge in [-0.1, -0.05) is 6.92 Å². The Morgan fingerprint density at radius 3 is 2.50 bits per heavy atom. The van der Waals surface area contributed by atoms with Gasteiger partial charge >= 0.3 is 5.97 Å². The third-order valence-electron chi connectivity index (χ3n) is 2.02. The number of likely N-dealkylation sites (N-methyl/N-ethyl adjacent to an activating group) is 1. The molecule has 0 aliphatic rings. The van der Waals surface area contributed by atoms with Gasteiger partial charge in [0.25, 0.3) is 0 Å². The van der Waals surface area contributed by atoms with E-state index in [1.807, 2.05) is 27.8 Å². The van der Waals surface area contributed by atoms with Gasteiger partial charge in [-0.15, -0.1) is 0 Å². The second-order valence-corrected chi connectivity index (χ2v) is 3.48. The number of rotatable bonds is 5. The predicted molar refractivity (Wildman–Crippen MR) is 49.0 cm³/mol. The summed E-state index contributed by atoms with van der Waals surface area (Å²) in [4.78, 5) is 11.3. The Morgan fingerprint density at radius 2 is 2.08 bits per heavy atom. The largest absolute Gasteiger partial charge is 0.464 e. The van der Waals surface area contributed by atoms with Crippen molar-refractivity contribution < 1.29 is 9.53 Å². The van der Waals surface area contributed by atoms with E-state index in [-0.39, 0.29) is 11.4 Å². The van der Waals surface area contributed by atoms with Crippen LogP contribution in [0.25, 0.3) is 0 Å². The molecule has 12 heavy (non-hydrogen) atoms. The topological polar surface area (TPSA) is 38.3 Å². The highest BCUT2D eigenvalue weighted by Crippen LogP contribution is 2.20. The molecule has 0 rings (SSSR count). The van der Waals surface area contributed by atoms with Crippen molar-refractivity contribution in [1.82, 2.24) is 5.32 Å². The van der Waals surface area contributed by atoms with Crippen molar-refractivity contribution in [2.75, 3.05) is 20.2 Å². The Bertz CT molecular complexity index is 143. The van der Waals surface area contributed by atoms with Crippen LogP contribution in [0, 0.1) is 5.41 Å². The van der Waals surface area contributed by atoms with Gasteiger partial charge in [-0.3, -0.25) is 4.79 Å². The van der Waals surface area contributed by atoms with Crippen LogP contribution in [0.3, 0.4) is 0 Å². The zero-order valence-electron chi connectivity index (χ0n) is 8.44. The molecule has 0 spiro atoms. The van der Waals surface area contributed by atoms with Gasteiger partial charge in [-0.25, -0.2) is 0 Å². The van der Waals surface area contributed by atoms with Gasteiger partial charge in [0.2, 0.25) is 0 Å². The van der Waals surface area contributed by atoms with Crippen LogP contribution in [0.2, 0.25) is 0 Å². The van der Waals surface area contributed by atoms with E-state index in [9.17, 15) is 4.79 Å². The molecule has 72 valence electrons. The minimum Gasteiger partial charge on any atom is -0.464 e. The van der Waals surface area contributed by atoms with Crippen molar-refractivity contribution in [3.05, 3.63) is 0 Å². The second kappa shape index (κ2) is 5.14. The van der Waals surface area contributed by atoms with Gasteiger partial charge in [0, 0.05) is 6.54 Å². The Kier molecular flexibility index (Phi) is 4.90. The second-order valence-electron chi connectivity index (χ2n) is 3.48. The Labute approximate surface area is 74.5 Å². The first-order chi connectivity index (χ1) is 5.54. The standard InChI is InChI=1S/C9H19NO2/c1-5-9(2,3)8(11)12-7-6-10-4/h10H,5-7H2,1-4H3. The average molecular weight is 173 g/mol. The van der Waals surface area contributed by atoms with Crippen molar-refractivity contribution in [2.45, 2.75) is 27.2 Å². The molecule has 0 radical (unpaired) electrons. The lowest BCUT2D eigenvalue weighted by molar-refractivity contribution is -0.153. The molecule has 0 aliphatic heterocycles. The molecule has 0 amide bonds. The van der Waals surface area contributed by atoms with Crippen molar-refractivity contribution >= 4 is 5.97 Å². The summed E-state index contributed by atoms with van der Waals surface area (Å²) in [5.74, 6) is -0.111. The quantitative estimate of drug-likeness (QED) is 0.501. The summed E-state index contributed by atoms with van der Waals surface area (Å²) in [7, 11) is 1.83. The summed E-state index contributed by atoms with van der Waals surface area (Å²) in [6.07, 6.45) is 0.811. The molecule has 0 aromatic heterocycles. The van der Waals surface area contributed by atoms with Gasteiger partial charge in [0.1, 0.15) is 6.61 Å². The predicted octanol–water partition coefficient (Wildman–Crippen LogP) is 1.19. The molecule has 0 aromatic rings. The van der Waals surface area contributed by atoms with Crippen LogP contribution >= 0.6 is 0 Å². The van der Waals surface area contributed by atoms with Crippen molar-refractivity contribution in [3.8, 4) is 0 Å². The van der Waals surface area contributed by atoms with Crippen molar-refractivity contribution in [2.24, 2.45) is 5.41 Å². The highest BCUT2D eigenvalue weighted by Gasteiger charge is 2.26. The van der Waals surface area contributed by atoms with E-state index in [4.69, 9.17) is 4.74 Å². The molecule has 0 bridgehead atoms. The highest BCUT2D eigenvalue weighted by atomic mass is 16.5. The maximum absolute atomic E-state index is 11.3. The summed E-state index contributed by atoms with van der Waals surface area (Å²) in [6.45, 7) is 6.95. The fraction of sp³-hybridized carbons (Fsp3) is 0.889. The first-order valence-electron chi connectivity index (χ1n) is 4.36. The lowest BCUT2D eigenvalue weighted by atomic mass is 9.91. The van der Waals surface area contributed by atoms with E-state index in [1.165, 1.54) is 0 Å². The van der Waals surface area contributed by atoms with E-state index in [0.717, 1.165) is 6.42 Å². The summed E-state index contributed by atoms with van der Waals surface area (Å²) >= 11 is 0. The molecule has 0 aliphatic carbocycles. The lowest BCUT2D eigenvalue weighted by Crippen LogP contribution is -2.28. The SMILES string of the molecule is CCC(C)(C)C(=O)OCCNC. The minimum absolute atomic E-state index is 0.111. The van der Waals surface area contributed by atoms with Gasteiger partial charge in [-0.05, 0) is 27.3 Å². The number of hydrogen-bond donors (Lipinski definition) is 1. The Morgan fingerprint density at radius 1 is 1.50 bits per heavy atom. The van der Waals surface area contributed by atoms with Crippen LogP contribution in [0.4, 0.5) is 0 Å². The fourth-order valence-electron chi connectivity index (χ4n) is 0.585. The summed E-state index contributed by atoms with van der Waals surface area (Å²) < 4.78 is 5.04. The molecule has 0 saturated heterocycles. The number of carbonyl (C=O) groups is 1. The smallest absolute Gasteiger partial charge is 0.311 e. The summed E-state index contributed by atoms with van der Waals surface area (Å²) in [6, 6.07) is 0. The Balaban J connectivity index is 3.72. The molecule has 0 heterocycles. The highest BCUT2D eigenvalue weighted by molar-refractivity contribution is 5.75. The molecular formula is C9H19NO2. The molecule has 0 unspecified atom stereocenters. The molecule has 0 fully saturated rings. The van der Waals surface area contributed by atoms with Crippen LogP contribution in [0.15, 0.2) is 0 Å². The van der Waals surface area contributed by atoms with Gasteiger partial charge in [0.15, 0.2) is 0 Å². The zero-order valence-corrected chi connectivity index (χ0v) is 8.44. The molecule has 3 heteroatoms. The van der Waals surface area contributed by atoms with Gasteiger partial charge in [0.05, 0.1) is 5.41 Å². The number of ether oxygens (including phenoxy) is 1. The first kappa shape index (κ1) is 11.4. The van der Waals surface area contributed by atoms with Gasteiger partial charge in [-0.2, -0.15) is 0 Å². The molecule has 0 atom stereocenters. The van der Waals surface area contributed by atoms with Crippen LogP contribution in [-0.4, -0.2) is 26.2 Å². The molecule has 3 nitrogen and oxygen atoms in total. The van der Waals surface area contributed by atoms with E-state index in [0.29, 0.717) is 13.2 Å². The fourth-order valence-corrected chi connectivity index (χ4v) is 0.585. The minimum atomic E-state index is -0.340. The third kappa shape index (κ3) is 3.72. The van der Waals surface area contributed by atoms with Crippen LogP contribution in [0.5, 0.6) is 0 Å². The van der Waals surface area contributed by atoms with Crippen molar-refractivity contribution in [3.63, 3.8) is 0 Å². The van der Waals surface area contributed by atoms with Crippen LogP contribution in [-0.2, 0) is 9.53 Å². The number of esters is 1. The summed E-state index contributed by atoms with van der Waals surface area (Å²) in [5, 5.41) is 2.92. The number of hydrogen-bond acceptors (Lipinski definition) is 3. The molecular weight excluding hydrogens is 154 g/mol. The average Bonchev–Trinajstić information content (AvgIpc) is 2.05. The monoisotopic (exact) mass is 173 g/mol. The number of nitrogens with one attached hydrogen (secondary N) is 1. The Hall–Kier alpha value is -0.570. The van der Waals surface area contributed by atoms with Gasteiger partial charge < -0.3 is 10.1 Å². The maximum Gasteiger partial charge on any atom is 0.311 e. The molecule has 0 saturated carbocycles. The van der Waals surface area contributed by atoms with Crippen molar-refractivity contribution in [1.29, 1.82) is 0 Å². The lowest BCUT2D eigenvalue weighted by Gasteiger charge is -2.20. The van der Waals surface area contributed by atoms with E-state index in [2.05, 4.69) is 5.32 Å². The molecule has 0 aromatic carbocycles. The maximum atomic E-state index is 11.3. The van der Waals surface area contributed by atoms with E-state index in [1.54, 1.807) is 0 Å². The summed E-state index contributed by atoms with van der Waals surface area (Å²) in [5.41, 5.74) is -0.340. The normalized spacial score (nSPS) is 11.3. The third-order valence-corrected chi connectivity index (χ3v) is 2.02. The molecule has 1 N–H and O–H groups in total. The van der Waals surface area contributed by atoms with Crippen LogP contribution in [0.1, 0.15) is 27.2 Å². The van der Waals surface area contributed by atoms with E-state index < -0.39 is 0 Å². The number of carbonyl (C=O) groups excluding carboxylic acids is 1. The zero-order chi connectivity index (χ0) is 9.61. The first-order valence-corrected chi connectivity index (χ1v) is 4.36. The van der Waals surface area contributed by atoms with Crippen LogP contribution < -0.4 is 5.32 Å². The van der Waals surface area contributed by atoms with E-state index >= 15 is 0 Å².